The molecule has 0 N–H and O–H groups in total. The summed E-state index contributed by atoms with van der Waals surface area (Å²) in [6, 6.07) is 5.62. The van der Waals surface area contributed by atoms with Crippen LogP contribution in [0.15, 0.2) is 24.4 Å². The van der Waals surface area contributed by atoms with E-state index in [0.717, 1.165) is 41.8 Å². The van der Waals surface area contributed by atoms with Gasteiger partial charge in [-0.2, -0.15) is 11.8 Å². The van der Waals surface area contributed by atoms with Gasteiger partial charge < -0.3 is 19.1 Å². The number of ether oxygens (including phenoxy) is 3. The molecular formula is C20H26N2O5S. The van der Waals surface area contributed by atoms with Crippen LogP contribution in [0, 0.1) is 5.92 Å². The Labute approximate surface area is 168 Å². The lowest BCUT2D eigenvalue weighted by Crippen LogP contribution is -2.21. The number of carbonyl (C=O) groups is 2. The number of methoxy groups -OCH3 is 1. The summed E-state index contributed by atoms with van der Waals surface area (Å²) in [7, 11) is 5.60. The molecule has 8 heteroatoms. The first kappa shape index (κ1) is 20.5. The molecule has 1 aromatic heterocycles. The first-order valence-corrected chi connectivity index (χ1v) is 10.4. The first-order chi connectivity index (χ1) is 13.5. The summed E-state index contributed by atoms with van der Waals surface area (Å²) in [6.07, 6.45) is 2.81. The van der Waals surface area contributed by atoms with E-state index < -0.39 is 6.09 Å². The van der Waals surface area contributed by atoms with Gasteiger partial charge in [0, 0.05) is 29.9 Å². The first-order valence-electron chi connectivity index (χ1n) is 9.24. The Hall–Kier alpha value is -2.19. The van der Waals surface area contributed by atoms with Crippen molar-refractivity contribution in [1.82, 2.24) is 9.47 Å². The minimum atomic E-state index is -0.581. The van der Waals surface area contributed by atoms with Crippen molar-refractivity contribution in [2.45, 2.75) is 12.8 Å². The molecule has 0 bridgehead atoms. The van der Waals surface area contributed by atoms with E-state index in [1.807, 2.05) is 26.2 Å². The monoisotopic (exact) mass is 406 g/mol. The molecule has 3 rings (SSSR count). The van der Waals surface area contributed by atoms with Crippen molar-refractivity contribution in [2.75, 3.05) is 46.0 Å². The summed E-state index contributed by atoms with van der Waals surface area (Å²) in [6.45, 7) is 0.479. The number of nitrogens with zero attached hydrogens (tertiary/aromatic N) is 2. The second-order valence-electron chi connectivity index (χ2n) is 7.01. The number of hydrogen-bond donors (Lipinski definition) is 0. The molecule has 152 valence electrons. The quantitative estimate of drug-likeness (QED) is 0.517. The lowest BCUT2D eigenvalue weighted by atomic mass is 10.1. The maximum Gasteiger partial charge on any atom is 0.421 e. The Morgan fingerprint density at radius 1 is 1.29 bits per heavy atom. The smallest absolute Gasteiger partial charge is 0.421 e. The van der Waals surface area contributed by atoms with Crippen molar-refractivity contribution < 1.29 is 23.8 Å². The standard InChI is InChI=1S/C20H26N2O5S/c1-21(2)8-6-14-11-22(18-10-16(25-3)4-5-17(14)18)20(24)27-13-26-19(23)15-7-9-28-12-15/h4-5,10-11,15H,6-9,12-13H2,1-3H3. The highest BCUT2D eigenvalue weighted by atomic mass is 32.2. The minimum absolute atomic E-state index is 0.0991. The highest BCUT2D eigenvalue weighted by Gasteiger charge is 2.25. The molecule has 1 aliphatic heterocycles. The average Bonchev–Trinajstić information content (AvgIpc) is 3.34. The molecule has 1 saturated heterocycles. The Balaban J connectivity index is 1.72. The molecule has 28 heavy (non-hydrogen) atoms. The number of aromatic nitrogens is 1. The van der Waals surface area contributed by atoms with Crippen LogP contribution in [0.2, 0.25) is 0 Å². The van der Waals surface area contributed by atoms with Crippen molar-refractivity contribution in [3.8, 4) is 5.75 Å². The zero-order valence-corrected chi connectivity index (χ0v) is 17.3. The number of likely N-dealkylation sites (N-methyl/N-ethyl adjacent to an activating group) is 1. The molecule has 1 fully saturated rings. The second-order valence-corrected chi connectivity index (χ2v) is 8.16. The van der Waals surface area contributed by atoms with Crippen LogP contribution >= 0.6 is 11.8 Å². The highest BCUT2D eigenvalue weighted by Crippen LogP contribution is 2.27. The molecule has 1 unspecified atom stereocenters. The van der Waals surface area contributed by atoms with Crippen LogP contribution in [0.4, 0.5) is 4.79 Å². The van der Waals surface area contributed by atoms with Gasteiger partial charge in [0.25, 0.3) is 0 Å². The maximum atomic E-state index is 12.6. The SMILES string of the molecule is COc1ccc2c(CCN(C)C)cn(C(=O)OCOC(=O)C3CCSC3)c2c1. The Kier molecular flexibility index (Phi) is 6.85. The maximum absolute atomic E-state index is 12.6. The van der Waals surface area contributed by atoms with Crippen molar-refractivity contribution in [3.63, 3.8) is 0 Å². The molecule has 1 aliphatic rings. The fraction of sp³-hybridized carbons (Fsp3) is 0.500. The molecule has 0 spiro atoms. The lowest BCUT2D eigenvalue weighted by molar-refractivity contribution is -0.155. The highest BCUT2D eigenvalue weighted by molar-refractivity contribution is 7.99. The van der Waals surface area contributed by atoms with Gasteiger partial charge in [0.2, 0.25) is 6.79 Å². The molecule has 0 amide bonds. The van der Waals surface area contributed by atoms with E-state index in [1.165, 1.54) is 4.57 Å². The van der Waals surface area contributed by atoms with E-state index in [-0.39, 0.29) is 18.7 Å². The Morgan fingerprint density at radius 2 is 2.11 bits per heavy atom. The van der Waals surface area contributed by atoms with Crippen molar-refractivity contribution in [1.29, 1.82) is 0 Å². The van der Waals surface area contributed by atoms with Crippen LogP contribution in [0.3, 0.4) is 0 Å². The zero-order valence-electron chi connectivity index (χ0n) is 16.5. The average molecular weight is 407 g/mol. The van der Waals surface area contributed by atoms with Crippen LogP contribution < -0.4 is 4.74 Å². The summed E-state index contributed by atoms with van der Waals surface area (Å²) >= 11 is 1.73. The van der Waals surface area contributed by atoms with E-state index >= 15 is 0 Å². The van der Waals surface area contributed by atoms with Crippen LogP contribution in [-0.2, 0) is 20.7 Å². The van der Waals surface area contributed by atoms with Gasteiger partial charge >= 0.3 is 12.1 Å². The summed E-state index contributed by atoms with van der Waals surface area (Å²) < 4.78 is 17.1. The molecule has 1 atom stereocenters. The van der Waals surface area contributed by atoms with E-state index in [4.69, 9.17) is 14.2 Å². The van der Waals surface area contributed by atoms with Crippen LogP contribution in [-0.4, -0.2) is 67.6 Å². The number of rotatable bonds is 7. The molecular weight excluding hydrogens is 380 g/mol. The predicted molar refractivity (Wildman–Crippen MR) is 109 cm³/mol. The van der Waals surface area contributed by atoms with Crippen LogP contribution in [0.1, 0.15) is 12.0 Å². The van der Waals surface area contributed by atoms with E-state index in [1.54, 1.807) is 31.1 Å². The number of hydrogen-bond acceptors (Lipinski definition) is 7. The van der Waals surface area contributed by atoms with Crippen molar-refractivity contribution >= 4 is 34.7 Å². The van der Waals surface area contributed by atoms with Gasteiger partial charge in [0.05, 0.1) is 18.5 Å². The summed E-state index contributed by atoms with van der Waals surface area (Å²) in [5.41, 5.74) is 1.75. The van der Waals surface area contributed by atoms with Gasteiger partial charge in [0.15, 0.2) is 0 Å². The zero-order chi connectivity index (χ0) is 20.1. The summed E-state index contributed by atoms with van der Waals surface area (Å²) in [5, 5.41) is 0.972. The predicted octanol–water partition coefficient (Wildman–Crippen LogP) is 2.99. The topological polar surface area (TPSA) is 70.0 Å². The van der Waals surface area contributed by atoms with E-state index in [2.05, 4.69) is 4.90 Å². The third-order valence-corrected chi connectivity index (χ3v) is 5.93. The molecule has 2 aromatic rings. The summed E-state index contributed by atoms with van der Waals surface area (Å²) in [4.78, 5) is 26.7. The van der Waals surface area contributed by atoms with Gasteiger partial charge in [-0.1, -0.05) is 0 Å². The molecule has 0 saturated carbocycles. The molecule has 7 nitrogen and oxygen atoms in total. The normalized spacial score (nSPS) is 16.5. The number of carbonyl (C=O) groups excluding carboxylic acids is 2. The summed E-state index contributed by atoms with van der Waals surface area (Å²) in [5.74, 6) is 1.99. The second kappa shape index (κ2) is 9.34. The van der Waals surface area contributed by atoms with Gasteiger partial charge in [-0.3, -0.25) is 9.36 Å². The Bertz CT molecular complexity index is 842. The molecule has 2 heterocycles. The van der Waals surface area contributed by atoms with Gasteiger partial charge in [-0.25, -0.2) is 4.79 Å². The Morgan fingerprint density at radius 3 is 2.79 bits per heavy atom. The third-order valence-electron chi connectivity index (χ3n) is 4.77. The van der Waals surface area contributed by atoms with Gasteiger partial charge in [-0.15, -0.1) is 0 Å². The molecule has 1 aromatic carbocycles. The van der Waals surface area contributed by atoms with E-state index in [0.29, 0.717) is 11.3 Å². The van der Waals surface area contributed by atoms with Gasteiger partial charge in [0.1, 0.15) is 5.75 Å². The van der Waals surface area contributed by atoms with E-state index in [9.17, 15) is 9.59 Å². The van der Waals surface area contributed by atoms with Crippen LogP contribution in [0.25, 0.3) is 10.9 Å². The fourth-order valence-corrected chi connectivity index (χ4v) is 4.35. The number of fused-ring (bicyclic) bond motifs is 1. The largest absolute Gasteiger partial charge is 0.497 e. The third kappa shape index (κ3) is 4.80. The minimum Gasteiger partial charge on any atom is -0.497 e. The lowest BCUT2D eigenvalue weighted by Gasteiger charge is -2.10. The molecule has 0 radical (unpaired) electrons. The number of benzene rings is 1. The number of thioether (sulfide) groups is 1. The number of esters is 1. The van der Waals surface area contributed by atoms with Gasteiger partial charge in [-0.05, 0) is 50.4 Å². The van der Waals surface area contributed by atoms with Crippen molar-refractivity contribution in [3.05, 3.63) is 30.0 Å². The van der Waals surface area contributed by atoms with Crippen molar-refractivity contribution in [2.24, 2.45) is 5.92 Å². The molecule has 0 aliphatic carbocycles. The fourth-order valence-electron chi connectivity index (χ4n) is 3.14. The van der Waals surface area contributed by atoms with Crippen LogP contribution in [0.5, 0.6) is 5.75 Å².